The van der Waals surface area contributed by atoms with Gasteiger partial charge in [-0.1, -0.05) is 45.0 Å². The normalized spacial score (nSPS) is 11.6. The molecule has 2 rings (SSSR count). The Morgan fingerprint density at radius 2 is 1.77 bits per heavy atom. The van der Waals surface area contributed by atoms with Crippen LogP contribution >= 0.6 is 0 Å². The van der Waals surface area contributed by atoms with Crippen molar-refractivity contribution >= 4 is 0 Å². The van der Waals surface area contributed by atoms with E-state index < -0.39 is 5.82 Å². The molecule has 0 saturated heterocycles. The fraction of sp³-hybridized carbons (Fsp3) is 0.263. The van der Waals surface area contributed by atoms with Crippen LogP contribution in [-0.4, -0.2) is 0 Å². The summed E-state index contributed by atoms with van der Waals surface area (Å²) in [7, 11) is 0. The van der Waals surface area contributed by atoms with Crippen molar-refractivity contribution in [2.75, 3.05) is 0 Å². The first-order valence-corrected chi connectivity index (χ1v) is 7.25. The molecular formula is C19H21FO2. The molecule has 2 nitrogen and oxygen atoms in total. The molecule has 2 aromatic carbocycles. The van der Waals surface area contributed by atoms with Gasteiger partial charge in [-0.05, 0) is 41.3 Å². The third-order valence-corrected chi connectivity index (χ3v) is 2.88. The largest absolute Gasteiger partial charge is 0.497 e. The molecule has 3 heteroatoms. The molecule has 0 bridgehead atoms. The number of halogens is 1. The third kappa shape index (κ3) is 5.24. The maximum Gasteiger partial charge on any atom is 0.165 e. The summed E-state index contributed by atoms with van der Waals surface area (Å²) in [5.74, 6) is 0.414. The van der Waals surface area contributed by atoms with Crippen molar-refractivity contribution in [3.05, 3.63) is 72.2 Å². The van der Waals surface area contributed by atoms with E-state index in [0.29, 0.717) is 12.4 Å². The van der Waals surface area contributed by atoms with Gasteiger partial charge in [0.25, 0.3) is 0 Å². The summed E-state index contributed by atoms with van der Waals surface area (Å²) in [5.41, 5.74) is 0.926. The van der Waals surface area contributed by atoms with E-state index in [1.165, 1.54) is 6.07 Å². The first-order chi connectivity index (χ1) is 10.4. The lowest BCUT2D eigenvalue weighted by Gasteiger charge is -2.11. The van der Waals surface area contributed by atoms with Gasteiger partial charge < -0.3 is 9.47 Å². The molecule has 0 N–H and O–H groups in total. The van der Waals surface area contributed by atoms with Crippen LogP contribution < -0.4 is 4.74 Å². The summed E-state index contributed by atoms with van der Waals surface area (Å²) in [6.45, 7) is 6.65. The predicted octanol–water partition coefficient (Wildman–Crippen LogP) is 5.69. The highest BCUT2D eigenvalue weighted by molar-refractivity contribution is 5.35. The van der Waals surface area contributed by atoms with Crippen molar-refractivity contribution in [3.8, 4) is 11.5 Å². The standard InChI is InChI=1S/C19H21FO2/c1-19(2,3)11-12-21-14-15-9-10-17(20)18(13-15)22-16-7-5-4-6-8-16/h4-13H,14H2,1-3H3/b12-11+. The van der Waals surface area contributed by atoms with E-state index in [2.05, 4.69) is 20.8 Å². The summed E-state index contributed by atoms with van der Waals surface area (Å²) < 4.78 is 24.9. The molecular weight excluding hydrogens is 279 g/mol. The molecule has 0 unspecified atom stereocenters. The number of hydrogen-bond donors (Lipinski definition) is 0. The average Bonchev–Trinajstić information content (AvgIpc) is 2.47. The second-order valence-corrected chi connectivity index (χ2v) is 6.16. The van der Waals surface area contributed by atoms with Gasteiger partial charge in [-0.3, -0.25) is 0 Å². The maximum absolute atomic E-state index is 13.8. The predicted molar refractivity (Wildman–Crippen MR) is 86.3 cm³/mol. The monoisotopic (exact) mass is 300 g/mol. The van der Waals surface area contributed by atoms with Crippen molar-refractivity contribution in [1.29, 1.82) is 0 Å². The molecule has 0 fully saturated rings. The molecule has 22 heavy (non-hydrogen) atoms. The van der Waals surface area contributed by atoms with Gasteiger partial charge in [0.2, 0.25) is 0 Å². The zero-order valence-corrected chi connectivity index (χ0v) is 13.2. The summed E-state index contributed by atoms with van der Waals surface area (Å²) in [5, 5.41) is 0. The number of rotatable bonds is 5. The van der Waals surface area contributed by atoms with E-state index >= 15 is 0 Å². The fourth-order valence-corrected chi connectivity index (χ4v) is 1.73. The van der Waals surface area contributed by atoms with Crippen LogP contribution in [0.4, 0.5) is 4.39 Å². The van der Waals surface area contributed by atoms with E-state index in [1.807, 2.05) is 24.3 Å². The molecule has 0 aliphatic carbocycles. The van der Waals surface area contributed by atoms with Gasteiger partial charge in [-0.2, -0.15) is 0 Å². The number of para-hydroxylation sites is 1. The van der Waals surface area contributed by atoms with Gasteiger partial charge >= 0.3 is 0 Å². The van der Waals surface area contributed by atoms with Gasteiger partial charge in [0.15, 0.2) is 11.6 Å². The van der Waals surface area contributed by atoms with Crippen LogP contribution in [0.15, 0.2) is 60.9 Å². The molecule has 0 atom stereocenters. The van der Waals surface area contributed by atoms with Crippen molar-refractivity contribution in [2.45, 2.75) is 27.4 Å². The first kappa shape index (κ1) is 16.1. The molecule has 0 saturated carbocycles. The van der Waals surface area contributed by atoms with Crippen molar-refractivity contribution in [2.24, 2.45) is 5.41 Å². The zero-order valence-electron chi connectivity index (χ0n) is 13.2. The topological polar surface area (TPSA) is 18.5 Å². The molecule has 0 heterocycles. The summed E-state index contributed by atoms with van der Waals surface area (Å²) in [6.07, 6.45) is 3.67. The lowest BCUT2D eigenvalue weighted by atomic mass is 9.97. The number of benzene rings is 2. The van der Waals surface area contributed by atoms with Crippen LogP contribution in [-0.2, 0) is 11.3 Å². The van der Waals surface area contributed by atoms with E-state index in [-0.39, 0.29) is 11.2 Å². The molecule has 0 amide bonds. The van der Waals surface area contributed by atoms with Crippen LogP contribution in [0.3, 0.4) is 0 Å². The minimum absolute atomic E-state index is 0.0738. The molecule has 0 aliphatic heterocycles. The van der Waals surface area contributed by atoms with Crippen LogP contribution in [0.1, 0.15) is 26.3 Å². The van der Waals surface area contributed by atoms with Crippen molar-refractivity contribution < 1.29 is 13.9 Å². The van der Waals surface area contributed by atoms with Gasteiger partial charge in [-0.25, -0.2) is 4.39 Å². The highest BCUT2D eigenvalue weighted by atomic mass is 19.1. The fourth-order valence-electron chi connectivity index (χ4n) is 1.73. The highest BCUT2D eigenvalue weighted by Crippen LogP contribution is 2.25. The SMILES string of the molecule is CC(C)(C)/C=C/OCc1ccc(F)c(Oc2ccccc2)c1. The lowest BCUT2D eigenvalue weighted by molar-refractivity contribution is 0.231. The van der Waals surface area contributed by atoms with E-state index in [4.69, 9.17) is 9.47 Å². The molecule has 0 aromatic heterocycles. The Morgan fingerprint density at radius 3 is 2.45 bits per heavy atom. The third-order valence-electron chi connectivity index (χ3n) is 2.88. The van der Waals surface area contributed by atoms with Crippen LogP contribution in [0, 0.1) is 11.2 Å². The summed E-state index contributed by atoms with van der Waals surface area (Å²) in [6, 6.07) is 13.9. The second kappa shape index (κ2) is 7.12. The van der Waals surface area contributed by atoms with Crippen LogP contribution in [0.25, 0.3) is 0 Å². The Bertz CT molecular complexity index is 628. The van der Waals surface area contributed by atoms with Crippen LogP contribution in [0.5, 0.6) is 11.5 Å². The molecule has 2 aromatic rings. The zero-order chi connectivity index (χ0) is 16.0. The van der Waals surface area contributed by atoms with Crippen molar-refractivity contribution in [3.63, 3.8) is 0 Å². The molecule has 0 spiro atoms. The Labute approximate surface area is 131 Å². The minimum atomic E-state index is -0.391. The Balaban J connectivity index is 2.02. The Morgan fingerprint density at radius 1 is 1.05 bits per heavy atom. The van der Waals surface area contributed by atoms with Crippen molar-refractivity contribution in [1.82, 2.24) is 0 Å². The van der Waals surface area contributed by atoms with Gasteiger partial charge in [0.05, 0.1) is 6.26 Å². The van der Waals surface area contributed by atoms with E-state index in [9.17, 15) is 4.39 Å². The van der Waals surface area contributed by atoms with Gasteiger partial charge in [0, 0.05) is 0 Å². The average molecular weight is 300 g/mol. The quantitative estimate of drug-likeness (QED) is 0.660. The number of ether oxygens (including phenoxy) is 2. The number of hydrogen-bond acceptors (Lipinski definition) is 2. The second-order valence-electron chi connectivity index (χ2n) is 6.16. The smallest absolute Gasteiger partial charge is 0.165 e. The van der Waals surface area contributed by atoms with Crippen LogP contribution in [0.2, 0.25) is 0 Å². The summed E-state index contributed by atoms with van der Waals surface area (Å²) >= 11 is 0. The van der Waals surface area contributed by atoms with E-state index in [0.717, 1.165) is 5.56 Å². The molecule has 0 aliphatic rings. The van der Waals surface area contributed by atoms with E-state index in [1.54, 1.807) is 30.5 Å². The number of allylic oxidation sites excluding steroid dienone is 1. The Hall–Kier alpha value is -2.29. The van der Waals surface area contributed by atoms with Gasteiger partial charge in [0.1, 0.15) is 12.4 Å². The summed E-state index contributed by atoms with van der Waals surface area (Å²) in [4.78, 5) is 0. The lowest BCUT2D eigenvalue weighted by Crippen LogP contribution is -1.99. The maximum atomic E-state index is 13.8. The highest BCUT2D eigenvalue weighted by Gasteiger charge is 2.07. The molecule has 0 radical (unpaired) electrons. The molecule has 116 valence electrons. The Kier molecular flexibility index (Phi) is 5.21. The minimum Gasteiger partial charge on any atom is -0.497 e. The first-order valence-electron chi connectivity index (χ1n) is 7.25. The van der Waals surface area contributed by atoms with Gasteiger partial charge in [-0.15, -0.1) is 0 Å².